The molecule has 17 heavy (non-hydrogen) atoms. The molecular weight excluding hydrogens is 210 g/mol. The highest BCUT2D eigenvalue weighted by Crippen LogP contribution is 2.17. The summed E-state index contributed by atoms with van der Waals surface area (Å²) in [5.41, 5.74) is 7.96. The summed E-state index contributed by atoms with van der Waals surface area (Å²) in [7, 11) is 0. The van der Waals surface area contributed by atoms with Gasteiger partial charge in [-0.3, -0.25) is 4.90 Å². The van der Waals surface area contributed by atoms with Gasteiger partial charge in [0.15, 0.2) is 0 Å². The Morgan fingerprint density at radius 2 is 2.35 bits per heavy atom. The minimum absolute atomic E-state index is 0.344. The molecular formula is C14H19N3. The predicted molar refractivity (Wildman–Crippen MR) is 68.2 cm³/mol. The highest BCUT2D eigenvalue weighted by atomic mass is 15.1. The second-order valence-corrected chi connectivity index (χ2v) is 4.98. The zero-order valence-electron chi connectivity index (χ0n) is 10.3. The average molecular weight is 229 g/mol. The van der Waals surface area contributed by atoms with E-state index < -0.39 is 0 Å². The van der Waals surface area contributed by atoms with Gasteiger partial charge in [-0.25, -0.2) is 0 Å². The fourth-order valence-corrected chi connectivity index (χ4v) is 2.39. The number of hydrogen-bond donors (Lipinski definition) is 1. The number of nitrogens with two attached hydrogens (primary N) is 1. The number of nitriles is 1. The number of nitrogens with zero attached hydrogens (tertiary/aromatic N) is 2. The van der Waals surface area contributed by atoms with Gasteiger partial charge >= 0.3 is 0 Å². The first-order chi connectivity index (χ1) is 8.19. The van der Waals surface area contributed by atoms with E-state index in [9.17, 15) is 0 Å². The van der Waals surface area contributed by atoms with Crippen molar-refractivity contribution in [2.75, 3.05) is 13.1 Å². The highest BCUT2D eigenvalue weighted by Gasteiger charge is 2.22. The van der Waals surface area contributed by atoms with Crippen molar-refractivity contribution in [3.8, 4) is 6.07 Å². The normalized spacial score (nSPS) is 25.5. The molecule has 1 saturated heterocycles. The van der Waals surface area contributed by atoms with Gasteiger partial charge in [-0.1, -0.05) is 19.1 Å². The first-order valence-corrected chi connectivity index (χ1v) is 6.16. The summed E-state index contributed by atoms with van der Waals surface area (Å²) in [5, 5.41) is 8.86. The molecule has 1 heterocycles. The topological polar surface area (TPSA) is 53.0 Å². The maximum atomic E-state index is 8.86. The van der Waals surface area contributed by atoms with Gasteiger partial charge in [0, 0.05) is 19.1 Å². The molecule has 0 aromatic heterocycles. The number of benzene rings is 1. The summed E-state index contributed by atoms with van der Waals surface area (Å²) in [6, 6.07) is 10.4. The summed E-state index contributed by atoms with van der Waals surface area (Å²) in [5.74, 6) is 0.558. The van der Waals surface area contributed by atoms with Crippen molar-refractivity contribution in [1.29, 1.82) is 5.26 Å². The molecule has 3 heteroatoms. The Bertz CT molecular complexity index is 422. The molecule has 0 amide bonds. The Morgan fingerprint density at radius 3 is 3.06 bits per heavy atom. The fraction of sp³-hybridized carbons (Fsp3) is 0.500. The van der Waals surface area contributed by atoms with Gasteiger partial charge in [0.2, 0.25) is 0 Å². The molecule has 2 rings (SSSR count). The van der Waals surface area contributed by atoms with Crippen molar-refractivity contribution < 1.29 is 0 Å². The van der Waals surface area contributed by atoms with Gasteiger partial charge in [-0.15, -0.1) is 0 Å². The van der Waals surface area contributed by atoms with Crippen molar-refractivity contribution in [3.63, 3.8) is 0 Å². The lowest BCUT2D eigenvalue weighted by Gasteiger charge is -2.35. The molecule has 0 saturated carbocycles. The molecule has 0 radical (unpaired) electrons. The van der Waals surface area contributed by atoms with E-state index in [1.807, 2.05) is 18.2 Å². The van der Waals surface area contributed by atoms with Gasteiger partial charge in [0.05, 0.1) is 11.6 Å². The van der Waals surface area contributed by atoms with Gasteiger partial charge in [-0.2, -0.15) is 5.26 Å². The van der Waals surface area contributed by atoms with Crippen molar-refractivity contribution in [2.45, 2.75) is 25.9 Å². The van der Waals surface area contributed by atoms with E-state index in [-0.39, 0.29) is 0 Å². The van der Waals surface area contributed by atoms with Crippen molar-refractivity contribution in [1.82, 2.24) is 4.90 Å². The lowest BCUT2D eigenvalue weighted by Crippen LogP contribution is -2.45. The molecule has 1 aliphatic rings. The van der Waals surface area contributed by atoms with Crippen LogP contribution in [0.4, 0.5) is 0 Å². The molecule has 3 nitrogen and oxygen atoms in total. The number of hydrogen-bond acceptors (Lipinski definition) is 3. The van der Waals surface area contributed by atoms with Crippen molar-refractivity contribution >= 4 is 0 Å². The van der Waals surface area contributed by atoms with Crippen LogP contribution in [0, 0.1) is 17.2 Å². The van der Waals surface area contributed by atoms with Gasteiger partial charge in [0.25, 0.3) is 0 Å². The van der Waals surface area contributed by atoms with E-state index in [1.54, 1.807) is 0 Å². The third kappa shape index (κ3) is 3.06. The molecule has 2 unspecified atom stereocenters. The second kappa shape index (κ2) is 5.31. The van der Waals surface area contributed by atoms with E-state index in [0.717, 1.165) is 31.6 Å². The Balaban J connectivity index is 1.99. The Kier molecular flexibility index (Phi) is 3.78. The van der Waals surface area contributed by atoms with E-state index >= 15 is 0 Å². The zero-order chi connectivity index (χ0) is 12.3. The van der Waals surface area contributed by atoms with Crippen molar-refractivity contribution in [3.05, 3.63) is 35.4 Å². The molecule has 1 fully saturated rings. The number of likely N-dealkylation sites (tertiary alicyclic amines) is 1. The van der Waals surface area contributed by atoms with Gasteiger partial charge < -0.3 is 5.73 Å². The molecule has 2 atom stereocenters. The summed E-state index contributed by atoms with van der Waals surface area (Å²) in [4.78, 5) is 2.42. The van der Waals surface area contributed by atoms with Crippen LogP contribution in [0.15, 0.2) is 24.3 Å². The molecule has 90 valence electrons. The predicted octanol–water partition coefficient (Wildman–Crippen LogP) is 1.73. The van der Waals surface area contributed by atoms with Crippen LogP contribution in [0.1, 0.15) is 24.5 Å². The zero-order valence-corrected chi connectivity index (χ0v) is 10.3. The van der Waals surface area contributed by atoms with Crippen LogP contribution >= 0.6 is 0 Å². The standard InChI is InChI=1S/C14H19N3/c1-11-9-17(6-5-14(11)16)10-13-4-2-3-12(7-13)8-15/h2-4,7,11,14H,5-6,9-10,16H2,1H3. The third-order valence-electron chi connectivity index (χ3n) is 3.52. The molecule has 1 aliphatic heterocycles. The molecule has 2 N–H and O–H groups in total. The summed E-state index contributed by atoms with van der Waals surface area (Å²) >= 11 is 0. The number of piperidine rings is 1. The third-order valence-corrected chi connectivity index (χ3v) is 3.52. The van der Waals surface area contributed by atoms with Crippen LogP contribution < -0.4 is 5.73 Å². The quantitative estimate of drug-likeness (QED) is 0.840. The highest BCUT2D eigenvalue weighted by molar-refractivity contribution is 5.32. The Morgan fingerprint density at radius 1 is 1.53 bits per heavy atom. The molecule has 0 aliphatic carbocycles. The van der Waals surface area contributed by atoms with E-state index in [4.69, 9.17) is 11.0 Å². The van der Waals surface area contributed by atoms with Crippen LogP contribution in [0.2, 0.25) is 0 Å². The average Bonchev–Trinajstić information content (AvgIpc) is 2.34. The van der Waals surface area contributed by atoms with Crippen LogP contribution in [0.25, 0.3) is 0 Å². The summed E-state index contributed by atoms with van der Waals surface area (Å²) < 4.78 is 0. The maximum Gasteiger partial charge on any atom is 0.0991 e. The number of rotatable bonds is 2. The van der Waals surface area contributed by atoms with Crippen LogP contribution in [-0.2, 0) is 6.54 Å². The lowest BCUT2D eigenvalue weighted by atomic mass is 9.94. The van der Waals surface area contributed by atoms with Crippen LogP contribution in [-0.4, -0.2) is 24.0 Å². The maximum absolute atomic E-state index is 8.86. The molecule has 1 aromatic rings. The first-order valence-electron chi connectivity index (χ1n) is 6.16. The van der Waals surface area contributed by atoms with Crippen LogP contribution in [0.5, 0.6) is 0 Å². The minimum atomic E-state index is 0.344. The summed E-state index contributed by atoms with van der Waals surface area (Å²) in [6.45, 7) is 5.25. The van der Waals surface area contributed by atoms with E-state index in [2.05, 4.69) is 24.0 Å². The Labute approximate surface area is 103 Å². The summed E-state index contributed by atoms with van der Waals surface area (Å²) in [6.07, 6.45) is 1.07. The first kappa shape index (κ1) is 12.1. The second-order valence-electron chi connectivity index (χ2n) is 4.98. The molecule has 1 aromatic carbocycles. The van der Waals surface area contributed by atoms with Gasteiger partial charge in [-0.05, 0) is 36.6 Å². The van der Waals surface area contributed by atoms with E-state index in [0.29, 0.717) is 12.0 Å². The van der Waals surface area contributed by atoms with Crippen molar-refractivity contribution in [2.24, 2.45) is 11.7 Å². The largest absolute Gasteiger partial charge is 0.327 e. The lowest BCUT2D eigenvalue weighted by molar-refractivity contribution is 0.158. The molecule has 0 bridgehead atoms. The SMILES string of the molecule is CC1CN(Cc2cccc(C#N)c2)CCC1N. The molecule has 0 spiro atoms. The van der Waals surface area contributed by atoms with E-state index in [1.165, 1.54) is 5.56 Å². The minimum Gasteiger partial charge on any atom is -0.327 e. The Hall–Kier alpha value is -1.37. The fourth-order valence-electron chi connectivity index (χ4n) is 2.39. The smallest absolute Gasteiger partial charge is 0.0991 e. The van der Waals surface area contributed by atoms with Crippen LogP contribution in [0.3, 0.4) is 0 Å². The monoisotopic (exact) mass is 229 g/mol. The van der Waals surface area contributed by atoms with Gasteiger partial charge in [0.1, 0.15) is 0 Å².